The quantitative estimate of drug-likeness (QED) is 0.511. The summed E-state index contributed by atoms with van der Waals surface area (Å²) in [5, 5.41) is 0.776. The fourth-order valence-corrected chi connectivity index (χ4v) is 3.81. The first kappa shape index (κ1) is 15.6. The number of hydrogen-bond donors (Lipinski definition) is 0. The van der Waals surface area contributed by atoms with E-state index in [0.29, 0.717) is 5.92 Å². The molecule has 1 fully saturated rings. The van der Waals surface area contributed by atoms with Gasteiger partial charge in [0.25, 0.3) is 0 Å². The number of hydrogen-bond acceptors (Lipinski definition) is 2. The predicted octanol–water partition coefficient (Wildman–Crippen LogP) is 5.02. The lowest BCUT2D eigenvalue weighted by molar-refractivity contribution is 0.804. The van der Waals surface area contributed by atoms with Crippen LogP contribution in [0, 0.1) is 0 Å². The molecule has 1 saturated carbocycles. The molecule has 4 nitrogen and oxygen atoms in total. The average molecular weight is 363 g/mol. The maximum absolute atomic E-state index is 6.52. The van der Waals surface area contributed by atoms with Gasteiger partial charge in [0.05, 0.1) is 35.1 Å². The zero-order valence-corrected chi connectivity index (χ0v) is 15.3. The zero-order chi connectivity index (χ0) is 17.7. The van der Waals surface area contributed by atoms with Crippen LogP contribution in [0.5, 0.6) is 0 Å². The summed E-state index contributed by atoms with van der Waals surface area (Å²) in [6.45, 7) is 0.765. The Morgan fingerprint density at radius 3 is 2.73 bits per heavy atom. The van der Waals surface area contributed by atoms with E-state index >= 15 is 0 Å². The van der Waals surface area contributed by atoms with Crippen molar-refractivity contribution in [3.63, 3.8) is 0 Å². The van der Waals surface area contributed by atoms with Gasteiger partial charge in [-0.05, 0) is 36.6 Å². The maximum Gasteiger partial charge on any atom is 0.0957 e. The van der Waals surface area contributed by atoms with E-state index in [-0.39, 0.29) is 0 Å². The number of benzene rings is 2. The van der Waals surface area contributed by atoms with Gasteiger partial charge in [-0.15, -0.1) is 0 Å². The number of rotatable bonds is 4. The predicted molar refractivity (Wildman–Crippen MR) is 104 cm³/mol. The van der Waals surface area contributed by atoms with Gasteiger partial charge in [-0.2, -0.15) is 0 Å². The smallest absolute Gasteiger partial charge is 0.0957 e. The number of fused-ring (bicyclic) bond motifs is 1. The van der Waals surface area contributed by atoms with Gasteiger partial charge in [0.2, 0.25) is 0 Å². The van der Waals surface area contributed by atoms with Crippen molar-refractivity contribution in [2.24, 2.45) is 7.05 Å². The van der Waals surface area contributed by atoms with Crippen molar-refractivity contribution < 1.29 is 0 Å². The topological polar surface area (TPSA) is 35.6 Å². The van der Waals surface area contributed by atoms with Gasteiger partial charge in [0.15, 0.2) is 0 Å². The summed E-state index contributed by atoms with van der Waals surface area (Å²) >= 11 is 6.52. The number of imidazole rings is 2. The molecule has 0 radical (unpaired) electrons. The lowest BCUT2D eigenvalue weighted by Gasteiger charge is -2.12. The number of halogens is 1. The monoisotopic (exact) mass is 362 g/mol. The van der Waals surface area contributed by atoms with Gasteiger partial charge in [-0.3, -0.25) is 0 Å². The van der Waals surface area contributed by atoms with E-state index in [9.17, 15) is 0 Å². The van der Waals surface area contributed by atoms with Crippen molar-refractivity contribution >= 4 is 22.6 Å². The molecule has 2 aromatic heterocycles. The van der Waals surface area contributed by atoms with E-state index in [0.717, 1.165) is 33.9 Å². The molecule has 0 bridgehead atoms. The highest BCUT2D eigenvalue weighted by molar-refractivity contribution is 6.33. The lowest BCUT2D eigenvalue weighted by atomic mass is 10.1. The van der Waals surface area contributed by atoms with Crippen molar-refractivity contribution in [3.8, 4) is 11.3 Å². The van der Waals surface area contributed by atoms with Crippen LogP contribution in [0.4, 0.5) is 0 Å². The van der Waals surface area contributed by atoms with Crippen LogP contribution in [0.3, 0.4) is 0 Å². The second-order valence-electron chi connectivity index (χ2n) is 7.04. The molecule has 2 aromatic carbocycles. The molecule has 5 heteroatoms. The Hall–Kier alpha value is -2.59. The van der Waals surface area contributed by atoms with E-state index in [1.165, 1.54) is 24.1 Å². The molecule has 4 aromatic rings. The number of aromatic nitrogens is 4. The SMILES string of the molecule is Cn1cnc2ccc(Cn3cnc(C4CC4)c3-c3ccccc3Cl)cc21. The van der Waals surface area contributed by atoms with E-state index in [4.69, 9.17) is 16.6 Å². The second kappa shape index (κ2) is 5.99. The van der Waals surface area contributed by atoms with E-state index in [1.54, 1.807) is 0 Å². The molecule has 0 atom stereocenters. The third-order valence-corrected chi connectivity index (χ3v) is 5.43. The summed E-state index contributed by atoms with van der Waals surface area (Å²) < 4.78 is 4.28. The Morgan fingerprint density at radius 2 is 1.92 bits per heavy atom. The number of aryl methyl sites for hydroxylation is 1. The van der Waals surface area contributed by atoms with Crippen molar-refractivity contribution in [1.82, 2.24) is 19.1 Å². The summed E-state index contributed by atoms with van der Waals surface area (Å²) in [7, 11) is 2.02. The number of nitrogens with zero attached hydrogens (tertiary/aromatic N) is 4. The van der Waals surface area contributed by atoms with E-state index in [2.05, 4.69) is 38.4 Å². The van der Waals surface area contributed by atoms with Gasteiger partial charge in [-0.1, -0.05) is 35.9 Å². The molecular formula is C21H19ClN4. The fraction of sp³-hybridized carbons (Fsp3) is 0.238. The second-order valence-corrected chi connectivity index (χ2v) is 7.45. The molecule has 0 spiro atoms. The van der Waals surface area contributed by atoms with Crippen LogP contribution >= 0.6 is 11.6 Å². The van der Waals surface area contributed by atoms with E-state index < -0.39 is 0 Å². The van der Waals surface area contributed by atoms with Gasteiger partial charge in [0.1, 0.15) is 0 Å². The van der Waals surface area contributed by atoms with Gasteiger partial charge in [-0.25, -0.2) is 9.97 Å². The Kier molecular flexibility index (Phi) is 3.61. The molecule has 1 aliphatic rings. The Labute approximate surface area is 157 Å². The zero-order valence-electron chi connectivity index (χ0n) is 14.6. The highest BCUT2D eigenvalue weighted by Crippen LogP contribution is 2.44. The highest BCUT2D eigenvalue weighted by Gasteiger charge is 2.30. The summed E-state index contributed by atoms with van der Waals surface area (Å²) in [6.07, 6.45) is 6.25. The van der Waals surface area contributed by atoms with Crippen LogP contribution < -0.4 is 0 Å². The minimum atomic E-state index is 0.571. The third kappa shape index (κ3) is 2.61. The summed E-state index contributed by atoms with van der Waals surface area (Å²) in [6, 6.07) is 14.5. The Balaban J connectivity index is 1.60. The summed E-state index contributed by atoms with van der Waals surface area (Å²) in [5.41, 5.74) is 6.79. The first-order chi connectivity index (χ1) is 12.7. The molecular weight excluding hydrogens is 344 g/mol. The molecule has 0 unspecified atom stereocenters. The first-order valence-corrected chi connectivity index (χ1v) is 9.28. The van der Waals surface area contributed by atoms with Crippen LogP contribution in [0.2, 0.25) is 5.02 Å². The minimum absolute atomic E-state index is 0.571. The van der Waals surface area contributed by atoms with E-state index in [1.807, 2.05) is 37.9 Å². The van der Waals surface area contributed by atoms with Crippen LogP contribution in [-0.2, 0) is 13.6 Å². The molecule has 1 aliphatic carbocycles. The normalized spacial score (nSPS) is 14.2. The van der Waals surface area contributed by atoms with Gasteiger partial charge in [0, 0.05) is 30.1 Å². The van der Waals surface area contributed by atoms with Crippen molar-refractivity contribution in [3.05, 3.63) is 71.4 Å². The van der Waals surface area contributed by atoms with Crippen LogP contribution in [0.1, 0.15) is 30.0 Å². The third-order valence-electron chi connectivity index (χ3n) is 5.10. The van der Waals surface area contributed by atoms with Gasteiger partial charge >= 0.3 is 0 Å². The minimum Gasteiger partial charge on any atom is -0.334 e. The largest absolute Gasteiger partial charge is 0.334 e. The average Bonchev–Trinajstić information content (AvgIpc) is 3.32. The van der Waals surface area contributed by atoms with Gasteiger partial charge < -0.3 is 9.13 Å². The van der Waals surface area contributed by atoms with Crippen molar-refractivity contribution in [2.45, 2.75) is 25.3 Å². The molecule has 2 heterocycles. The molecule has 0 aliphatic heterocycles. The summed E-state index contributed by atoms with van der Waals surface area (Å²) in [4.78, 5) is 9.15. The van der Waals surface area contributed by atoms with Crippen molar-refractivity contribution in [2.75, 3.05) is 0 Å². The summed E-state index contributed by atoms with van der Waals surface area (Å²) in [5.74, 6) is 0.571. The molecule has 130 valence electrons. The fourth-order valence-electron chi connectivity index (χ4n) is 3.59. The molecule has 0 N–H and O–H groups in total. The molecule has 5 rings (SSSR count). The van der Waals surface area contributed by atoms with Crippen LogP contribution in [0.25, 0.3) is 22.3 Å². The standard InChI is InChI=1S/C21H19ClN4/c1-25-12-23-18-9-6-14(10-19(18)25)11-26-13-24-20(15-7-8-15)21(26)16-4-2-3-5-17(16)22/h2-6,9-10,12-13,15H,7-8,11H2,1H3. The van der Waals surface area contributed by atoms with Crippen molar-refractivity contribution in [1.29, 1.82) is 0 Å². The highest BCUT2D eigenvalue weighted by atomic mass is 35.5. The lowest BCUT2D eigenvalue weighted by Crippen LogP contribution is -2.02. The molecule has 0 amide bonds. The first-order valence-electron chi connectivity index (χ1n) is 8.90. The Morgan fingerprint density at radius 1 is 1.08 bits per heavy atom. The molecule has 26 heavy (non-hydrogen) atoms. The van der Waals surface area contributed by atoms with Crippen LogP contribution in [-0.4, -0.2) is 19.1 Å². The van der Waals surface area contributed by atoms with Crippen LogP contribution in [0.15, 0.2) is 55.1 Å². The molecule has 0 saturated heterocycles. The maximum atomic E-state index is 6.52. The Bertz CT molecular complexity index is 1100.